The van der Waals surface area contributed by atoms with Crippen molar-refractivity contribution in [2.75, 3.05) is 20.2 Å². The van der Waals surface area contributed by atoms with Crippen molar-refractivity contribution in [2.24, 2.45) is 5.92 Å². The molecule has 1 unspecified atom stereocenters. The highest BCUT2D eigenvalue weighted by atomic mass is 16.5. The molecule has 0 heterocycles. The third kappa shape index (κ3) is 4.18. The first-order valence-electron chi connectivity index (χ1n) is 7.55. The molecule has 2 fully saturated rings. The molecule has 0 spiro atoms. The first-order valence-corrected chi connectivity index (χ1v) is 7.55. The molecule has 0 amide bonds. The molecular weight excluding hydrogens is 240 g/mol. The lowest BCUT2D eigenvalue weighted by Crippen LogP contribution is -2.59. The van der Waals surface area contributed by atoms with Gasteiger partial charge in [-0.25, -0.2) is 0 Å². The SMILES string of the molecule is COC(=O)C(C)(CN(CC1CC1)C1CC1)NC(C)C. The van der Waals surface area contributed by atoms with Gasteiger partial charge in [-0.05, 0) is 52.4 Å². The lowest BCUT2D eigenvalue weighted by atomic mass is 10.00. The van der Waals surface area contributed by atoms with Crippen LogP contribution in [-0.4, -0.2) is 48.7 Å². The number of hydrogen-bond acceptors (Lipinski definition) is 4. The molecule has 0 aromatic carbocycles. The van der Waals surface area contributed by atoms with Gasteiger partial charge in [0.1, 0.15) is 5.54 Å². The third-order valence-corrected chi connectivity index (χ3v) is 4.02. The maximum atomic E-state index is 12.1. The number of methoxy groups -OCH3 is 1. The maximum Gasteiger partial charge on any atom is 0.327 e. The van der Waals surface area contributed by atoms with Crippen LogP contribution >= 0.6 is 0 Å². The zero-order chi connectivity index (χ0) is 14.0. The van der Waals surface area contributed by atoms with Crippen LogP contribution in [0.3, 0.4) is 0 Å². The van der Waals surface area contributed by atoms with E-state index in [0.717, 1.165) is 19.0 Å². The summed E-state index contributed by atoms with van der Waals surface area (Å²) in [6.07, 6.45) is 5.28. The highest BCUT2D eigenvalue weighted by Crippen LogP contribution is 2.35. The summed E-state index contributed by atoms with van der Waals surface area (Å²) in [7, 11) is 1.48. The number of carbonyl (C=O) groups is 1. The molecule has 2 saturated carbocycles. The first kappa shape index (κ1) is 14.8. The predicted molar refractivity (Wildman–Crippen MR) is 76.0 cm³/mol. The van der Waals surface area contributed by atoms with Gasteiger partial charge in [0.15, 0.2) is 0 Å². The zero-order valence-electron chi connectivity index (χ0n) is 12.7. The van der Waals surface area contributed by atoms with E-state index < -0.39 is 5.54 Å². The van der Waals surface area contributed by atoms with E-state index in [0.29, 0.717) is 6.04 Å². The van der Waals surface area contributed by atoms with Gasteiger partial charge < -0.3 is 4.74 Å². The van der Waals surface area contributed by atoms with Crippen LogP contribution in [0.5, 0.6) is 0 Å². The topological polar surface area (TPSA) is 41.6 Å². The fourth-order valence-electron chi connectivity index (χ4n) is 2.85. The number of nitrogens with one attached hydrogen (secondary N) is 1. The summed E-state index contributed by atoms with van der Waals surface area (Å²) < 4.78 is 5.01. The summed E-state index contributed by atoms with van der Waals surface area (Å²) in [5.41, 5.74) is -0.597. The van der Waals surface area contributed by atoms with Crippen molar-refractivity contribution in [3.63, 3.8) is 0 Å². The predicted octanol–water partition coefficient (Wildman–Crippen LogP) is 1.79. The second-order valence-electron chi connectivity index (χ2n) is 6.73. The summed E-state index contributed by atoms with van der Waals surface area (Å²) in [5.74, 6) is 0.712. The monoisotopic (exact) mass is 268 g/mol. The molecule has 4 heteroatoms. The number of nitrogens with zero attached hydrogens (tertiary/aromatic N) is 1. The minimum absolute atomic E-state index is 0.150. The largest absolute Gasteiger partial charge is 0.468 e. The van der Waals surface area contributed by atoms with E-state index >= 15 is 0 Å². The molecule has 0 aromatic rings. The van der Waals surface area contributed by atoms with Crippen LogP contribution in [0.2, 0.25) is 0 Å². The van der Waals surface area contributed by atoms with Gasteiger partial charge in [0.2, 0.25) is 0 Å². The number of esters is 1. The molecule has 19 heavy (non-hydrogen) atoms. The Labute approximate surface area is 116 Å². The molecule has 0 bridgehead atoms. The van der Waals surface area contributed by atoms with Crippen LogP contribution in [0.1, 0.15) is 46.5 Å². The lowest BCUT2D eigenvalue weighted by molar-refractivity contribution is -0.149. The highest BCUT2D eigenvalue weighted by Gasteiger charge is 2.42. The molecule has 0 aromatic heterocycles. The number of ether oxygens (including phenoxy) is 1. The van der Waals surface area contributed by atoms with Crippen LogP contribution in [0.25, 0.3) is 0 Å². The Morgan fingerprint density at radius 3 is 2.42 bits per heavy atom. The minimum atomic E-state index is -0.597. The average molecular weight is 268 g/mol. The molecule has 0 radical (unpaired) electrons. The average Bonchev–Trinajstić information content (AvgIpc) is 3.17. The van der Waals surface area contributed by atoms with E-state index in [2.05, 4.69) is 24.1 Å². The Morgan fingerprint density at radius 1 is 1.37 bits per heavy atom. The Morgan fingerprint density at radius 2 is 2.00 bits per heavy atom. The number of rotatable bonds is 8. The fraction of sp³-hybridized carbons (Fsp3) is 0.933. The Hall–Kier alpha value is -0.610. The fourth-order valence-corrected chi connectivity index (χ4v) is 2.85. The van der Waals surface area contributed by atoms with Crippen molar-refractivity contribution in [2.45, 2.75) is 64.1 Å². The Balaban J connectivity index is 2.01. The maximum absolute atomic E-state index is 12.1. The summed E-state index contributed by atoms with van der Waals surface area (Å²) in [6, 6.07) is 0.963. The molecule has 1 atom stereocenters. The molecule has 2 rings (SSSR count). The van der Waals surface area contributed by atoms with Gasteiger partial charge in [-0.1, -0.05) is 0 Å². The van der Waals surface area contributed by atoms with Crippen molar-refractivity contribution in [1.29, 1.82) is 0 Å². The van der Waals surface area contributed by atoms with Crippen LogP contribution < -0.4 is 5.32 Å². The first-order chi connectivity index (χ1) is 8.94. The molecule has 0 aliphatic heterocycles. The van der Waals surface area contributed by atoms with Crippen molar-refractivity contribution >= 4 is 5.97 Å². The van der Waals surface area contributed by atoms with E-state index in [-0.39, 0.29) is 12.0 Å². The molecular formula is C15H28N2O2. The van der Waals surface area contributed by atoms with Gasteiger partial charge in [-0.3, -0.25) is 15.0 Å². The van der Waals surface area contributed by atoms with Crippen molar-refractivity contribution in [3.05, 3.63) is 0 Å². The summed E-state index contributed by atoms with van der Waals surface area (Å²) >= 11 is 0. The van der Waals surface area contributed by atoms with Crippen LogP contribution in [0.15, 0.2) is 0 Å². The van der Waals surface area contributed by atoms with Crippen molar-refractivity contribution < 1.29 is 9.53 Å². The summed E-state index contributed by atoms with van der Waals surface area (Å²) in [5, 5.41) is 3.40. The summed E-state index contributed by atoms with van der Waals surface area (Å²) in [4.78, 5) is 14.6. The van der Waals surface area contributed by atoms with Crippen molar-refractivity contribution in [1.82, 2.24) is 10.2 Å². The second kappa shape index (κ2) is 5.80. The van der Waals surface area contributed by atoms with Crippen LogP contribution in [0.4, 0.5) is 0 Å². The number of hydrogen-bond donors (Lipinski definition) is 1. The van der Waals surface area contributed by atoms with E-state index in [1.54, 1.807) is 0 Å². The molecule has 4 nitrogen and oxygen atoms in total. The number of carbonyl (C=O) groups excluding carboxylic acids is 1. The standard InChI is InChI=1S/C15H28N2O2/c1-11(2)16-15(3,14(18)19-4)10-17(13-7-8-13)9-12-5-6-12/h11-13,16H,5-10H2,1-4H3. The van der Waals surface area contributed by atoms with Gasteiger partial charge in [0.25, 0.3) is 0 Å². The molecule has 2 aliphatic rings. The normalized spacial score (nSPS) is 22.6. The van der Waals surface area contributed by atoms with E-state index in [4.69, 9.17) is 4.74 Å². The zero-order valence-corrected chi connectivity index (χ0v) is 12.7. The summed E-state index contributed by atoms with van der Waals surface area (Å²) in [6.45, 7) is 8.03. The van der Waals surface area contributed by atoms with Crippen LogP contribution in [0, 0.1) is 5.92 Å². The van der Waals surface area contributed by atoms with Gasteiger partial charge >= 0.3 is 5.97 Å². The van der Waals surface area contributed by atoms with Gasteiger partial charge in [0.05, 0.1) is 7.11 Å². The lowest BCUT2D eigenvalue weighted by Gasteiger charge is -2.35. The van der Waals surface area contributed by atoms with Crippen LogP contribution in [-0.2, 0) is 9.53 Å². The Bertz CT molecular complexity index is 324. The Kier molecular flexibility index (Phi) is 4.51. The van der Waals surface area contributed by atoms with E-state index in [1.165, 1.54) is 32.8 Å². The second-order valence-corrected chi connectivity index (χ2v) is 6.73. The molecule has 0 saturated heterocycles. The van der Waals surface area contributed by atoms with Crippen molar-refractivity contribution in [3.8, 4) is 0 Å². The molecule has 110 valence electrons. The minimum Gasteiger partial charge on any atom is -0.468 e. The van der Waals surface area contributed by atoms with Gasteiger partial charge in [-0.15, -0.1) is 0 Å². The molecule has 2 aliphatic carbocycles. The van der Waals surface area contributed by atoms with E-state index in [1.807, 2.05) is 6.92 Å². The smallest absolute Gasteiger partial charge is 0.327 e. The highest BCUT2D eigenvalue weighted by molar-refractivity contribution is 5.80. The van der Waals surface area contributed by atoms with Gasteiger partial charge in [-0.2, -0.15) is 0 Å². The molecule has 1 N–H and O–H groups in total. The van der Waals surface area contributed by atoms with Gasteiger partial charge in [0, 0.05) is 25.2 Å². The van der Waals surface area contributed by atoms with E-state index in [9.17, 15) is 4.79 Å². The third-order valence-electron chi connectivity index (χ3n) is 4.02. The quantitative estimate of drug-likeness (QED) is 0.682.